The molecule has 4 aromatic carbocycles. The molecule has 4 aromatic rings. The van der Waals surface area contributed by atoms with Crippen molar-refractivity contribution in [2.24, 2.45) is 0 Å². The Morgan fingerprint density at radius 1 is 0.821 bits per heavy atom. The van der Waals surface area contributed by atoms with Crippen molar-refractivity contribution in [2.45, 2.75) is 45.1 Å². The number of rotatable bonds is 9. The Morgan fingerprint density at radius 2 is 1.41 bits per heavy atom. The summed E-state index contributed by atoms with van der Waals surface area (Å²) in [6.45, 7) is 9.39. The molecule has 0 fully saturated rings. The molecule has 4 rings (SSSR count). The topological polar surface area (TPSA) is 78.5 Å². The predicted molar refractivity (Wildman–Crippen MR) is 152 cm³/mol. The van der Waals surface area contributed by atoms with Crippen molar-refractivity contribution in [3.05, 3.63) is 126 Å². The quantitative estimate of drug-likeness (QED) is 0.221. The van der Waals surface area contributed by atoms with Crippen LogP contribution in [0.5, 0.6) is 5.75 Å². The summed E-state index contributed by atoms with van der Waals surface area (Å²) in [5.41, 5.74) is 6.33. The standard InChI is InChI=1S/C25H29INO.C7H8O3S/c1-18-16-19(2)25(20(3)17-18)26-22-10-12-23(13-11-22)28-24(14-15-27-4)21-8-6-5-7-9-21;1-6-2-4-7(5-3-6)11(8,9)10/h5-13,16-17,24,27H,14-15H2,1-4H3;2-5H,1H3,(H,8,9,10)/q+1;/p-1. The summed E-state index contributed by atoms with van der Waals surface area (Å²) >= 11 is -0.181. The number of benzene rings is 4. The van der Waals surface area contributed by atoms with Gasteiger partial charge in [0.2, 0.25) is 0 Å². The lowest BCUT2D eigenvalue weighted by Gasteiger charge is -2.19. The van der Waals surface area contributed by atoms with Crippen molar-refractivity contribution in [1.29, 1.82) is 0 Å². The Hall–Kier alpha value is -2.72. The SMILES string of the molecule is CNCCC(Oc1ccc([I+]c2c(C)cc(C)cc2C)cc1)c1ccccc1.Cc1ccc(S(=O)(=O)[O-])cc1. The molecule has 0 saturated carbocycles. The second-order valence-electron chi connectivity index (χ2n) is 9.44. The molecule has 0 amide bonds. The van der Waals surface area contributed by atoms with Crippen molar-refractivity contribution in [2.75, 3.05) is 13.6 Å². The summed E-state index contributed by atoms with van der Waals surface area (Å²) in [5.74, 6) is 0.940. The third-order valence-electron chi connectivity index (χ3n) is 6.01. The third kappa shape index (κ3) is 9.76. The molecule has 0 bridgehead atoms. The number of aryl methyl sites for hydroxylation is 4. The maximum absolute atomic E-state index is 10.4. The van der Waals surface area contributed by atoms with E-state index in [0.29, 0.717) is 0 Å². The van der Waals surface area contributed by atoms with E-state index in [1.807, 2.05) is 20.0 Å². The zero-order chi connectivity index (χ0) is 28.4. The number of hydrogen-bond acceptors (Lipinski definition) is 5. The Labute approximate surface area is 243 Å². The van der Waals surface area contributed by atoms with Crippen LogP contribution in [-0.2, 0) is 10.1 Å². The maximum Gasteiger partial charge on any atom is 0.358 e. The molecule has 39 heavy (non-hydrogen) atoms. The first-order valence-corrected chi connectivity index (χ1v) is 16.3. The van der Waals surface area contributed by atoms with E-state index in [-0.39, 0.29) is 32.2 Å². The average Bonchev–Trinajstić information content (AvgIpc) is 2.90. The molecule has 0 saturated heterocycles. The predicted octanol–water partition coefficient (Wildman–Crippen LogP) is 3.37. The first kappa shape index (κ1) is 30.8. The highest BCUT2D eigenvalue weighted by Crippen LogP contribution is 2.24. The van der Waals surface area contributed by atoms with Gasteiger partial charge in [-0.25, -0.2) is 8.42 Å². The summed E-state index contributed by atoms with van der Waals surface area (Å²) in [4.78, 5) is -0.178. The second kappa shape index (κ2) is 14.6. The molecule has 5 nitrogen and oxygen atoms in total. The van der Waals surface area contributed by atoms with Crippen LogP contribution in [0.4, 0.5) is 0 Å². The zero-order valence-corrected chi connectivity index (χ0v) is 26.0. The van der Waals surface area contributed by atoms with Gasteiger partial charge in [-0.3, -0.25) is 0 Å². The molecule has 206 valence electrons. The number of hydrogen-bond donors (Lipinski definition) is 1. The molecular formula is C32H36INO4S. The van der Waals surface area contributed by atoms with Crippen LogP contribution < -0.4 is 31.3 Å². The van der Waals surface area contributed by atoms with E-state index in [1.165, 1.54) is 41.5 Å². The van der Waals surface area contributed by atoms with Crippen molar-refractivity contribution in [3.63, 3.8) is 0 Å². The molecule has 0 aliphatic rings. The third-order valence-corrected chi connectivity index (χ3v) is 10.4. The van der Waals surface area contributed by atoms with Crippen LogP contribution in [-0.4, -0.2) is 26.6 Å². The van der Waals surface area contributed by atoms with Crippen LogP contribution in [0.1, 0.15) is 40.3 Å². The highest BCUT2D eigenvalue weighted by atomic mass is 127. The van der Waals surface area contributed by atoms with Crippen LogP contribution in [0, 0.1) is 34.8 Å². The van der Waals surface area contributed by atoms with Gasteiger partial charge in [0.05, 0.1) is 4.90 Å². The highest BCUT2D eigenvalue weighted by molar-refractivity contribution is 7.85. The number of ether oxygens (including phenoxy) is 1. The molecule has 1 unspecified atom stereocenters. The van der Waals surface area contributed by atoms with E-state index in [9.17, 15) is 13.0 Å². The molecule has 1 N–H and O–H groups in total. The minimum atomic E-state index is -4.27. The van der Waals surface area contributed by atoms with Crippen LogP contribution in [0.2, 0.25) is 0 Å². The first-order chi connectivity index (χ1) is 18.6. The lowest BCUT2D eigenvalue weighted by Crippen LogP contribution is -3.62. The van der Waals surface area contributed by atoms with Gasteiger partial charge in [0.15, 0.2) is 7.14 Å². The van der Waals surface area contributed by atoms with Crippen molar-refractivity contribution in [1.82, 2.24) is 5.32 Å². The molecule has 0 aromatic heterocycles. The molecule has 0 aliphatic heterocycles. The summed E-state index contributed by atoms with van der Waals surface area (Å²) < 4.78 is 40.5. The van der Waals surface area contributed by atoms with Gasteiger partial charge in [0, 0.05) is 17.5 Å². The minimum absolute atomic E-state index is 0.0655. The van der Waals surface area contributed by atoms with Crippen LogP contribution in [0.3, 0.4) is 0 Å². The fourth-order valence-corrected chi connectivity index (χ4v) is 7.08. The van der Waals surface area contributed by atoms with E-state index in [4.69, 9.17) is 4.74 Å². The van der Waals surface area contributed by atoms with Crippen molar-refractivity contribution in [3.8, 4) is 5.75 Å². The van der Waals surface area contributed by atoms with Gasteiger partial charge in [-0.1, -0.05) is 65.7 Å². The Balaban J connectivity index is 0.000000320. The molecule has 0 heterocycles. The van der Waals surface area contributed by atoms with Crippen LogP contribution >= 0.6 is 0 Å². The van der Waals surface area contributed by atoms with E-state index in [1.54, 1.807) is 12.1 Å². The summed E-state index contributed by atoms with van der Waals surface area (Å²) in [6, 6.07) is 29.6. The smallest absolute Gasteiger partial charge is 0.358 e. The Bertz CT molecular complexity index is 1420. The maximum atomic E-state index is 10.4. The largest absolute Gasteiger partial charge is 0.744 e. The Morgan fingerprint density at radius 3 is 1.95 bits per heavy atom. The normalized spacial score (nSPS) is 11.8. The van der Waals surface area contributed by atoms with Gasteiger partial charge < -0.3 is 14.6 Å². The van der Waals surface area contributed by atoms with E-state index in [0.717, 1.165) is 24.3 Å². The molecular weight excluding hydrogens is 621 g/mol. The van der Waals surface area contributed by atoms with Gasteiger partial charge in [-0.05, 0) is 83.2 Å². The lowest BCUT2D eigenvalue weighted by atomic mass is 10.1. The molecule has 0 radical (unpaired) electrons. The van der Waals surface area contributed by atoms with Gasteiger partial charge in [0.25, 0.3) is 0 Å². The fourth-order valence-electron chi connectivity index (χ4n) is 4.10. The zero-order valence-electron chi connectivity index (χ0n) is 23.1. The molecule has 0 spiro atoms. The van der Waals surface area contributed by atoms with Gasteiger partial charge in [0.1, 0.15) is 22.0 Å². The Kier molecular flexibility index (Phi) is 11.5. The summed E-state index contributed by atoms with van der Waals surface area (Å²) in [5, 5.41) is 3.23. The molecule has 0 aliphatic carbocycles. The lowest BCUT2D eigenvalue weighted by molar-refractivity contribution is -0.598. The van der Waals surface area contributed by atoms with Crippen LogP contribution in [0.15, 0.2) is 95.9 Å². The van der Waals surface area contributed by atoms with Gasteiger partial charge in [-0.2, -0.15) is 0 Å². The number of nitrogens with one attached hydrogen (secondary N) is 1. The molecule has 7 heteroatoms. The van der Waals surface area contributed by atoms with Crippen molar-refractivity contribution < 1.29 is 38.9 Å². The van der Waals surface area contributed by atoms with E-state index >= 15 is 0 Å². The monoisotopic (exact) mass is 657 g/mol. The van der Waals surface area contributed by atoms with E-state index in [2.05, 4.69) is 86.8 Å². The second-order valence-corrected chi connectivity index (χ2v) is 13.7. The molecule has 1 atom stereocenters. The summed E-state index contributed by atoms with van der Waals surface area (Å²) in [6.07, 6.45) is 1.01. The minimum Gasteiger partial charge on any atom is -0.744 e. The van der Waals surface area contributed by atoms with Crippen molar-refractivity contribution >= 4 is 10.1 Å². The first-order valence-electron chi connectivity index (χ1n) is 12.8. The van der Waals surface area contributed by atoms with E-state index < -0.39 is 10.1 Å². The number of halogens is 1. The highest BCUT2D eigenvalue weighted by Gasteiger charge is 2.22. The average molecular weight is 658 g/mol. The summed E-state index contributed by atoms with van der Waals surface area (Å²) in [7, 11) is -2.29. The fraction of sp³-hybridized carbons (Fsp3) is 0.250. The van der Waals surface area contributed by atoms with Crippen LogP contribution in [0.25, 0.3) is 0 Å². The van der Waals surface area contributed by atoms with Gasteiger partial charge in [-0.15, -0.1) is 0 Å². The van der Waals surface area contributed by atoms with Gasteiger partial charge >= 0.3 is 21.2 Å².